The number of hydrogen-bond donors (Lipinski definition) is 2. The van der Waals surface area contributed by atoms with E-state index < -0.39 is 33.8 Å². The largest absolute Gasteiger partial charge is 0.508 e. The van der Waals surface area contributed by atoms with Crippen LogP contribution in [-0.2, 0) is 16.3 Å². The van der Waals surface area contributed by atoms with Crippen molar-refractivity contribution >= 4 is 21.0 Å². The minimum Gasteiger partial charge on any atom is -0.508 e. The molecular formula is C33H46F3NO4S. The van der Waals surface area contributed by atoms with Gasteiger partial charge >= 0.3 is 6.18 Å². The van der Waals surface area contributed by atoms with Crippen molar-refractivity contribution in [3.05, 3.63) is 65.2 Å². The Kier molecular flexibility index (Phi) is 12.5. The number of benzene rings is 2. The van der Waals surface area contributed by atoms with Crippen molar-refractivity contribution in [3.8, 4) is 5.75 Å². The highest BCUT2D eigenvalue weighted by Crippen LogP contribution is 2.39. The molecule has 1 aliphatic carbocycles. The van der Waals surface area contributed by atoms with E-state index in [-0.39, 0.29) is 12.2 Å². The van der Waals surface area contributed by atoms with Crippen molar-refractivity contribution < 1.29 is 31.8 Å². The first-order valence-electron chi connectivity index (χ1n) is 15.0. The molecule has 0 saturated heterocycles. The maximum atomic E-state index is 12.4. The third kappa shape index (κ3) is 12.1. The lowest BCUT2D eigenvalue weighted by atomic mass is 9.89. The molecule has 0 saturated carbocycles. The van der Waals surface area contributed by atoms with E-state index in [1.807, 2.05) is 23.1 Å². The fraction of sp³-hybridized carbons (Fsp3) is 0.576. The van der Waals surface area contributed by atoms with Gasteiger partial charge in [0.2, 0.25) is 0 Å². The standard InChI is InChI=1S/C33H46F3NO4S/c1-32(2,39)25-37(21-11-22-42(40,41)23-19-33(34,35)36)20-9-4-3-8-15-31-29(26-12-6-5-7-13-26)16-10-14-27-24-28(38)17-18-30(27)31/h5-7,12-13,17-18,24,38-39H,3-4,8-11,14-16,19-23,25H2,1-2H3. The second-order valence-corrected chi connectivity index (χ2v) is 14.4. The van der Waals surface area contributed by atoms with Gasteiger partial charge in [0, 0.05) is 6.54 Å². The van der Waals surface area contributed by atoms with E-state index in [0.29, 0.717) is 25.4 Å². The molecule has 0 aliphatic heterocycles. The molecule has 9 heteroatoms. The summed E-state index contributed by atoms with van der Waals surface area (Å²) in [6.07, 6.45) is 2.21. The predicted octanol–water partition coefficient (Wildman–Crippen LogP) is 7.42. The summed E-state index contributed by atoms with van der Waals surface area (Å²) < 4.78 is 61.4. The van der Waals surface area contributed by atoms with Crippen LogP contribution < -0.4 is 0 Å². The number of alkyl halides is 3. The highest BCUT2D eigenvalue weighted by atomic mass is 32.2. The van der Waals surface area contributed by atoms with Crippen LogP contribution >= 0.6 is 0 Å². The highest BCUT2D eigenvalue weighted by molar-refractivity contribution is 7.91. The Morgan fingerprint density at radius 1 is 0.881 bits per heavy atom. The molecule has 0 spiro atoms. The lowest BCUT2D eigenvalue weighted by Gasteiger charge is -2.29. The molecule has 3 rings (SSSR count). The molecule has 0 unspecified atom stereocenters. The van der Waals surface area contributed by atoms with E-state index in [1.165, 1.54) is 27.8 Å². The number of hydrogen-bond acceptors (Lipinski definition) is 5. The van der Waals surface area contributed by atoms with Gasteiger partial charge in [-0.15, -0.1) is 0 Å². The zero-order valence-electron chi connectivity index (χ0n) is 24.9. The molecular weight excluding hydrogens is 563 g/mol. The van der Waals surface area contributed by atoms with Crippen LogP contribution in [0.1, 0.15) is 88.3 Å². The summed E-state index contributed by atoms with van der Waals surface area (Å²) in [4.78, 5) is 2.02. The number of aliphatic hydroxyl groups is 1. The van der Waals surface area contributed by atoms with Gasteiger partial charge in [-0.05, 0) is 112 Å². The average Bonchev–Trinajstić information content (AvgIpc) is 3.07. The van der Waals surface area contributed by atoms with Crippen LogP contribution in [-0.4, -0.2) is 66.4 Å². The summed E-state index contributed by atoms with van der Waals surface area (Å²) >= 11 is 0. The second-order valence-electron chi connectivity index (χ2n) is 12.1. The van der Waals surface area contributed by atoms with Crippen LogP contribution in [0, 0.1) is 0 Å². The second kappa shape index (κ2) is 15.4. The van der Waals surface area contributed by atoms with E-state index in [0.717, 1.165) is 51.4 Å². The normalized spacial score (nSPS) is 14.7. The number of aryl methyl sites for hydroxylation is 1. The van der Waals surface area contributed by atoms with Gasteiger partial charge in [0.1, 0.15) is 5.75 Å². The number of aromatic hydroxyl groups is 1. The van der Waals surface area contributed by atoms with Crippen LogP contribution in [0.25, 0.3) is 11.1 Å². The Morgan fingerprint density at radius 2 is 1.57 bits per heavy atom. The molecule has 1 aliphatic rings. The summed E-state index contributed by atoms with van der Waals surface area (Å²) in [7, 11) is -3.78. The maximum absolute atomic E-state index is 12.4. The van der Waals surface area contributed by atoms with Crippen molar-refractivity contribution in [2.45, 2.75) is 89.8 Å². The number of nitrogens with zero attached hydrogens (tertiary/aromatic N) is 1. The van der Waals surface area contributed by atoms with Crippen LogP contribution in [0.15, 0.2) is 48.5 Å². The lowest BCUT2D eigenvalue weighted by Crippen LogP contribution is -2.40. The van der Waals surface area contributed by atoms with Crippen molar-refractivity contribution in [1.82, 2.24) is 4.90 Å². The first-order valence-corrected chi connectivity index (χ1v) is 16.9. The minimum absolute atomic E-state index is 0.238. The van der Waals surface area contributed by atoms with E-state index in [1.54, 1.807) is 19.9 Å². The zero-order valence-corrected chi connectivity index (χ0v) is 25.7. The van der Waals surface area contributed by atoms with Gasteiger partial charge in [0.15, 0.2) is 9.84 Å². The smallest absolute Gasteiger partial charge is 0.390 e. The van der Waals surface area contributed by atoms with E-state index in [4.69, 9.17) is 0 Å². The molecule has 0 amide bonds. The molecule has 0 aromatic heterocycles. The third-order valence-electron chi connectivity index (χ3n) is 7.66. The molecule has 0 bridgehead atoms. The number of rotatable bonds is 16. The van der Waals surface area contributed by atoms with Gasteiger partial charge in [0.25, 0.3) is 0 Å². The van der Waals surface area contributed by atoms with Gasteiger partial charge in [-0.2, -0.15) is 13.2 Å². The number of phenols is 1. The topological polar surface area (TPSA) is 77.8 Å². The summed E-state index contributed by atoms with van der Waals surface area (Å²) in [5.74, 6) is -0.870. The number of allylic oxidation sites excluding steroid dienone is 2. The Balaban J connectivity index is 1.55. The van der Waals surface area contributed by atoms with Gasteiger partial charge in [-0.3, -0.25) is 0 Å². The Bertz CT molecular complexity index is 1270. The summed E-state index contributed by atoms with van der Waals surface area (Å²) in [6, 6.07) is 16.2. The SMILES string of the molecule is CC(C)(O)CN(CCCCCCC1=C(c2ccccc2)CCCc2cc(O)ccc21)CCCS(=O)(=O)CCC(F)(F)F. The molecule has 234 valence electrons. The molecule has 2 aromatic carbocycles. The monoisotopic (exact) mass is 609 g/mol. The summed E-state index contributed by atoms with van der Waals surface area (Å²) in [5, 5.41) is 20.4. The average molecular weight is 610 g/mol. The van der Waals surface area contributed by atoms with Crippen molar-refractivity contribution in [2.75, 3.05) is 31.1 Å². The lowest BCUT2D eigenvalue weighted by molar-refractivity contribution is -0.129. The number of halogens is 3. The molecule has 0 fully saturated rings. The number of fused-ring (bicyclic) bond motifs is 1. The first-order chi connectivity index (χ1) is 19.7. The molecule has 0 atom stereocenters. The fourth-order valence-corrected chi connectivity index (χ4v) is 7.10. The molecule has 42 heavy (non-hydrogen) atoms. The fourth-order valence-electron chi connectivity index (χ4n) is 5.78. The van der Waals surface area contributed by atoms with Crippen LogP contribution in [0.3, 0.4) is 0 Å². The molecule has 5 nitrogen and oxygen atoms in total. The molecule has 0 radical (unpaired) electrons. The summed E-state index contributed by atoms with van der Waals surface area (Å²) in [6.45, 7) is 4.86. The van der Waals surface area contributed by atoms with Gasteiger partial charge in [-0.1, -0.05) is 49.2 Å². The third-order valence-corrected chi connectivity index (χ3v) is 9.40. The summed E-state index contributed by atoms with van der Waals surface area (Å²) in [5.41, 5.74) is 5.43. The number of unbranched alkanes of at least 4 members (excludes halogenated alkanes) is 3. The van der Waals surface area contributed by atoms with Crippen molar-refractivity contribution in [1.29, 1.82) is 0 Å². The number of sulfone groups is 1. The number of phenolic OH excluding ortho intramolecular Hbond substituents is 1. The Labute approximate surface area is 249 Å². The van der Waals surface area contributed by atoms with Gasteiger partial charge < -0.3 is 15.1 Å². The predicted molar refractivity (Wildman–Crippen MR) is 164 cm³/mol. The van der Waals surface area contributed by atoms with Crippen LogP contribution in [0.5, 0.6) is 5.75 Å². The Morgan fingerprint density at radius 3 is 2.26 bits per heavy atom. The first kappa shape index (κ1) is 34.1. The van der Waals surface area contributed by atoms with Crippen molar-refractivity contribution in [3.63, 3.8) is 0 Å². The quantitative estimate of drug-likeness (QED) is 0.194. The Hall–Kier alpha value is -2.36. The van der Waals surface area contributed by atoms with Crippen LogP contribution in [0.2, 0.25) is 0 Å². The minimum atomic E-state index is -4.48. The van der Waals surface area contributed by atoms with E-state index in [9.17, 15) is 31.8 Å². The molecule has 2 aromatic rings. The van der Waals surface area contributed by atoms with Crippen LogP contribution in [0.4, 0.5) is 13.2 Å². The highest BCUT2D eigenvalue weighted by Gasteiger charge is 2.30. The molecule has 2 N–H and O–H groups in total. The zero-order chi connectivity index (χ0) is 30.8. The van der Waals surface area contributed by atoms with Gasteiger partial charge in [-0.25, -0.2) is 8.42 Å². The van der Waals surface area contributed by atoms with Crippen molar-refractivity contribution in [2.24, 2.45) is 0 Å². The van der Waals surface area contributed by atoms with E-state index >= 15 is 0 Å². The molecule has 0 heterocycles. The van der Waals surface area contributed by atoms with Gasteiger partial charge in [0.05, 0.1) is 23.5 Å². The maximum Gasteiger partial charge on any atom is 0.390 e. The van der Waals surface area contributed by atoms with E-state index in [2.05, 4.69) is 24.3 Å².